The highest BCUT2D eigenvalue weighted by Gasteiger charge is 2.19. The summed E-state index contributed by atoms with van der Waals surface area (Å²) in [6, 6.07) is 14.2. The van der Waals surface area contributed by atoms with Gasteiger partial charge in [-0.05, 0) is 48.5 Å². The molecular weight excluding hydrogens is 411 g/mol. The highest BCUT2D eigenvalue weighted by atomic mass is 32.2. The predicted octanol–water partition coefficient (Wildman–Crippen LogP) is 3.77. The number of hydrogen-bond acceptors (Lipinski definition) is 5. The molecule has 0 aliphatic rings. The maximum Gasteiger partial charge on any atom is 0.291 e. The number of halogens is 1. The molecule has 9 heteroatoms. The zero-order valence-electron chi connectivity index (χ0n) is 15.6. The van der Waals surface area contributed by atoms with Crippen molar-refractivity contribution in [1.82, 2.24) is 0 Å². The molecule has 2 aromatic carbocycles. The molecule has 2 amide bonds. The second-order valence-corrected chi connectivity index (χ2v) is 8.17. The van der Waals surface area contributed by atoms with Gasteiger partial charge in [0.15, 0.2) is 15.6 Å². The number of anilines is 2. The second kappa shape index (κ2) is 8.75. The van der Waals surface area contributed by atoms with Gasteiger partial charge in [0.2, 0.25) is 5.91 Å². The molecule has 0 fully saturated rings. The summed E-state index contributed by atoms with van der Waals surface area (Å²) >= 11 is 0. The number of carbonyl (C=O) groups excluding carboxylic acids is 2. The Labute approximate surface area is 172 Å². The fourth-order valence-electron chi connectivity index (χ4n) is 2.55. The molecule has 0 spiro atoms. The number of sulfone groups is 1. The van der Waals surface area contributed by atoms with Gasteiger partial charge in [-0.3, -0.25) is 9.59 Å². The van der Waals surface area contributed by atoms with Crippen LogP contribution in [0.15, 0.2) is 82.6 Å². The molecule has 0 unspecified atom stereocenters. The van der Waals surface area contributed by atoms with E-state index < -0.39 is 33.2 Å². The summed E-state index contributed by atoms with van der Waals surface area (Å²) < 4.78 is 44.0. The Kier molecular flexibility index (Phi) is 6.12. The molecule has 0 aliphatic heterocycles. The van der Waals surface area contributed by atoms with Gasteiger partial charge in [0.1, 0.15) is 17.3 Å². The van der Waals surface area contributed by atoms with E-state index in [1.165, 1.54) is 36.4 Å². The molecule has 0 atom stereocenters. The minimum Gasteiger partial charge on any atom is -0.455 e. The number of hydrogen-bond donors (Lipinski definition) is 2. The second-order valence-electron chi connectivity index (χ2n) is 6.18. The zero-order chi connectivity index (χ0) is 21.7. The number of carbonyl (C=O) groups is 2. The Bertz CT molecular complexity index is 1200. The molecule has 0 aliphatic carbocycles. The molecule has 3 aromatic rings. The van der Waals surface area contributed by atoms with Crippen molar-refractivity contribution in [3.63, 3.8) is 0 Å². The third kappa shape index (κ3) is 5.00. The van der Waals surface area contributed by atoms with E-state index in [9.17, 15) is 22.4 Å². The van der Waals surface area contributed by atoms with Gasteiger partial charge in [0.05, 0.1) is 10.6 Å². The van der Waals surface area contributed by atoms with Crippen molar-refractivity contribution in [2.75, 3.05) is 10.6 Å². The van der Waals surface area contributed by atoms with E-state index in [2.05, 4.69) is 17.2 Å². The van der Waals surface area contributed by atoms with E-state index in [-0.39, 0.29) is 27.8 Å². The predicted molar refractivity (Wildman–Crippen MR) is 109 cm³/mol. The molecular formula is C21H17FN2O5S. The number of benzene rings is 2. The van der Waals surface area contributed by atoms with Crippen LogP contribution >= 0.6 is 0 Å². The van der Waals surface area contributed by atoms with Gasteiger partial charge in [0, 0.05) is 5.69 Å². The smallest absolute Gasteiger partial charge is 0.291 e. The summed E-state index contributed by atoms with van der Waals surface area (Å²) in [5.74, 6) is -2.37. The largest absolute Gasteiger partial charge is 0.455 e. The van der Waals surface area contributed by atoms with Crippen LogP contribution in [0.3, 0.4) is 0 Å². The van der Waals surface area contributed by atoms with Crippen LogP contribution in [0.2, 0.25) is 0 Å². The number of nitrogens with one attached hydrogen (secondary N) is 2. The minimum atomic E-state index is -3.62. The van der Waals surface area contributed by atoms with E-state index in [1.54, 1.807) is 18.2 Å². The van der Waals surface area contributed by atoms with E-state index in [1.807, 2.05) is 0 Å². The Morgan fingerprint density at radius 2 is 1.77 bits per heavy atom. The van der Waals surface area contributed by atoms with Gasteiger partial charge in [-0.2, -0.15) is 0 Å². The van der Waals surface area contributed by atoms with Crippen LogP contribution in [0.1, 0.15) is 16.3 Å². The topological polar surface area (TPSA) is 105 Å². The van der Waals surface area contributed by atoms with E-state index in [4.69, 9.17) is 4.42 Å². The first kappa shape index (κ1) is 21.0. The summed E-state index contributed by atoms with van der Waals surface area (Å²) in [5.41, 5.74) is 0.0717. The lowest BCUT2D eigenvalue weighted by Crippen LogP contribution is -2.13. The van der Waals surface area contributed by atoms with Crippen molar-refractivity contribution in [1.29, 1.82) is 0 Å². The Hall–Kier alpha value is -3.72. The quantitative estimate of drug-likeness (QED) is 0.558. The fourth-order valence-corrected chi connectivity index (χ4v) is 3.82. The van der Waals surface area contributed by atoms with Crippen molar-refractivity contribution >= 4 is 33.0 Å². The van der Waals surface area contributed by atoms with Crippen LogP contribution in [0.25, 0.3) is 0 Å². The van der Waals surface area contributed by atoms with Crippen LogP contribution in [-0.4, -0.2) is 20.2 Å². The molecule has 30 heavy (non-hydrogen) atoms. The molecule has 7 nitrogen and oxygen atoms in total. The first-order chi connectivity index (χ1) is 14.3. The first-order valence-corrected chi connectivity index (χ1v) is 10.3. The van der Waals surface area contributed by atoms with E-state index >= 15 is 0 Å². The monoisotopic (exact) mass is 428 g/mol. The van der Waals surface area contributed by atoms with Crippen LogP contribution in [0.5, 0.6) is 0 Å². The molecule has 1 aromatic heterocycles. The van der Waals surface area contributed by atoms with Gasteiger partial charge >= 0.3 is 0 Å². The van der Waals surface area contributed by atoms with Crippen LogP contribution in [0, 0.1) is 5.82 Å². The molecule has 0 saturated heterocycles. The summed E-state index contributed by atoms with van der Waals surface area (Å²) in [6.45, 7) is 3.28. The maximum absolute atomic E-state index is 13.8. The number of amides is 2. The average Bonchev–Trinajstić information content (AvgIpc) is 3.19. The molecule has 2 N–H and O–H groups in total. The summed E-state index contributed by atoms with van der Waals surface area (Å²) in [5, 5.41) is 4.78. The van der Waals surface area contributed by atoms with E-state index in [0.29, 0.717) is 0 Å². The van der Waals surface area contributed by atoms with Gasteiger partial charge in [-0.1, -0.05) is 24.8 Å². The van der Waals surface area contributed by atoms with Gasteiger partial charge in [-0.15, -0.1) is 0 Å². The first-order valence-electron chi connectivity index (χ1n) is 8.69. The minimum absolute atomic E-state index is 0.0991. The average molecular weight is 428 g/mol. The molecule has 154 valence electrons. The van der Waals surface area contributed by atoms with Crippen molar-refractivity contribution in [3.05, 3.63) is 90.7 Å². The van der Waals surface area contributed by atoms with Crippen molar-refractivity contribution in [2.24, 2.45) is 0 Å². The van der Waals surface area contributed by atoms with Crippen LogP contribution in [-0.2, 0) is 20.4 Å². The van der Waals surface area contributed by atoms with Crippen LogP contribution < -0.4 is 10.6 Å². The lowest BCUT2D eigenvalue weighted by Gasteiger charge is -2.08. The number of furan rings is 1. The van der Waals surface area contributed by atoms with Crippen molar-refractivity contribution in [3.8, 4) is 0 Å². The zero-order valence-corrected chi connectivity index (χ0v) is 16.4. The Balaban J connectivity index is 1.72. The van der Waals surface area contributed by atoms with Crippen molar-refractivity contribution in [2.45, 2.75) is 10.6 Å². The van der Waals surface area contributed by atoms with Gasteiger partial charge in [0.25, 0.3) is 5.91 Å². The standard InChI is InChI=1S/C21H17FN2O5S/c1-2-20(25)24-18-12-14(8-10-17(18)22)23-21(26)19-11-9-15(29-19)13-30(27,28)16-6-4-3-5-7-16/h2-12H,1,13H2,(H,23,26)(H,24,25). The summed E-state index contributed by atoms with van der Waals surface area (Å²) in [7, 11) is -3.62. The summed E-state index contributed by atoms with van der Waals surface area (Å²) in [6.07, 6.45) is 0.985. The van der Waals surface area contributed by atoms with Crippen LogP contribution in [0.4, 0.5) is 15.8 Å². The molecule has 3 rings (SSSR count). The third-order valence-electron chi connectivity index (χ3n) is 3.99. The van der Waals surface area contributed by atoms with E-state index in [0.717, 1.165) is 12.1 Å². The van der Waals surface area contributed by atoms with Gasteiger partial charge in [-0.25, -0.2) is 12.8 Å². The lowest BCUT2D eigenvalue weighted by atomic mass is 10.2. The lowest BCUT2D eigenvalue weighted by molar-refractivity contribution is -0.111. The molecule has 1 heterocycles. The highest BCUT2D eigenvalue weighted by molar-refractivity contribution is 7.90. The normalized spacial score (nSPS) is 11.0. The molecule has 0 bridgehead atoms. The Morgan fingerprint density at radius 1 is 1.03 bits per heavy atom. The highest BCUT2D eigenvalue weighted by Crippen LogP contribution is 2.22. The fraction of sp³-hybridized carbons (Fsp3) is 0.0476. The Morgan fingerprint density at radius 3 is 2.47 bits per heavy atom. The van der Waals surface area contributed by atoms with Crippen molar-refractivity contribution < 1.29 is 26.8 Å². The summed E-state index contributed by atoms with van der Waals surface area (Å²) in [4.78, 5) is 23.9. The molecule has 0 radical (unpaired) electrons. The third-order valence-corrected chi connectivity index (χ3v) is 5.64. The van der Waals surface area contributed by atoms with Gasteiger partial charge < -0.3 is 15.1 Å². The SMILES string of the molecule is C=CC(=O)Nc1cc(NC(=O)c2ccc(CS(=O)(=O)c3ccccc3)o2)ccc1F. The number of rotatable bonds is 7. The molecule has 0 saturated carbocycles. The maximum atomic E-state index is 13.8.